The van der Waals surface area contributed by atoms with Crippen LogP contribution in [0.2, 0.25) is 0 Å². The van der Waals surface area contributed by atoms with E-state index in [0.29, 0.717) is 0 Å². The van der Waals surface area contributed by atoms with Crippen molar-refractivity contribution in [2.45, 2.75) is 19.9 Å². The molecular weight excluding hydrogens is 209 g/mol. The fourth-order valence-electron chi connectivity index (χ4n) is 1.57. The Labute approximate surface area is 90.7 Å². The number of halogens is 2. The van der Waals surface area contributed by atoms with Gasteiger partial charge in [-0.05, 0) is 14.0 Å². The predicted octanol–water partition coefficient (Wildman–Crippen LogP) is 1.55. The van der Waals surface area contributed by atoms with E-state index in [-0.39, 0.29) is 24.8 Å². The molecule has 0 saturated carbocycles. The van der Waals surface area contributed by atoms with Gasteiger partial charge in [0.15, 0.2) is 0 Å². The molecule has 0 fully saturated rings. The van der Waals surface area contributed by atoms with Gasteiger partial charge in [-0.3, -0.25) is 0 Å². The standard InChI is InChI=1S/C8H13N3.2ClH/c1-6-9-7-3-4-11(2)5-8(7)10-6;;/h3-5H2,1-2H3,(H,9,10);2*1H. The summed E-state index contributed by atoms with van der Waals surface area (Å²) in [5, 5.41) is 0. The van der Waals surface area contributed by atoms with Gasteiger partial charge in [0.25, 0.3) is 0 Å². The lowest BCUT2D eigenvalue weighted by atomic mass is 10.2. The Morgan fingerprint density at radius 3 is 2.77 bits per heavy atom. The van der Waals surface area contributed by atoms with Crippen molar-refractivity contribution in [1.82, 2.24) is 14.9 Å². The van der Waals surface area contributed by atoms with Crippen LogP contribution in [0.4, 0.5) is 0 Å². The van der Waals surface area contributed by atoms with Crippen LogP contribution in [0.1, 0.15) is 17.2 Å². The zero-order valence-electron chi connectivity index (χ0n) is 7.83. The first-order valence-corrected chi connectivity index (χ1v) is 3.98. The zero-order valence-corrected chi connectivity index (χ0v) is 9.47. The second kappa shape index (κ2) is 4.84. The van der Waals surface area contributed by atoms with Crippen molar-refractivity contribution in [2.75, 3.05) is 13.6 Å². The lowest BCUT2D eigenvalue weighted by Gasteiger charge is -2.20. The Kier molecular flexibility index (Phi) is 4.75. The number of aryl methyl sites for hydroxylation is 1. The first-order chi connectivity index (χ1) is 5.25. The van der Waals surface area contributed by atoms with Crippen LogP contribution in [0.25, 0.3) is 0 Å². The van der Waals surface area contributed by atoms with Crippen LogP contribution in [-0.2, 0) is 13.0 Å². The Balaban J connectivity index is 0.000000720. The number of likely N-dealkylation sites (N-methyl/N-ethyl adjacent to an activating group) is 1. The van der Waals surface area contributed by atoms with Crippen LogP contribution in [0.3, 0.4) is 0 Å². The fraction of sp³-hybridized carbons (Fsp3) is 0.625. The average molecular weight is 224 g/mol. The molecule has 2 rings (SSSR count). The number of imidazole rings is 1. The van der Waals surface area contributed by atoms with Gasteiger partial charge in [-0.15, -0.1) is 24.8 Å². The van der Waals surface area contributed by atoms with E-state index in [4.69, 9.17) is 0 Å². The number of rotatable bonds is 0. The maximum atomic E-state index is 4.40. The Morgan fingerprint density at radius 1 is 1.38 bits per heavy atom. The van der Waals surface area contributed by atoms with Crippen LogP contribution in [0, 0.1) is 6.92 Å². The maximum absolute atomic E-state index is 4.40. The minimum atomic E-state index is 0. The van der Waals surface area contributed by atoms with Crippen molar-refractivity contribution in [3.8, 4) is 0 Å². The van der Waals surface area contributed by atoms with E-state index >= 15 is 0 Å². The third-order valence-corrected chi connectivity index (χ3v) is 2.14. The molecule has 1 N–H and O–H groups in total. The molecule has 0 aromatic carbocycles. The number of hydrogen-bond acceptors (Lipinski definition) is 2. The smallest absolute Gasteiger partial charge is 0.103 e. The molecule has 1 aromatic heterocycles. The van der Waals surface area contributed by atoms with Crippen LogP contribution < -0.4 is 0 Å². The number of nitrogens with one attached hydrogen (secondary N) is 1. The average Bonchev–Trinajstić information content (AvgIpc) is 2.27. The minimum Gasteiger partial charge on any atom is -0.345 e. The molecule has 1 aliphatic heterocycles. The van der Waals surface area contributed by atoms with Crippen molar-refractivity contribution in [3.05, 3.63) is 17.2 Å². The number of fused-ring (bicyclic) bond motifs is 1. The first kappa shape index (κ1) is 12.8. The quantitative estimate of drug-likeness (QED) is 0.725. The van der Waals surface area contributed by atoms with Crippen molar-refractivity contribution in [2.24, 2.45) is 0 Å². The zero-order chi connectivity index (χ0) is 7.84. The molecule has 0 spiro atoms. The van der Waals surface area contributed by atoms with E-state index in [9.17, 15) is 0 Å². The van der Waals surface area contributed by atoms with Crippen molar-refractivity contribution in [1.29, 1.82) is 0 Å². The summed E-state index contributed by atoms with van der Waals surface area (Å²) >= 11 is 0. The van der Waals surface area contributed by atoms with Crippen LogP contribution in [0.15, 0.2) is 0 Å². The summed E-state index contributed by atoms with van der Waals surface area (Å²) in [6.45, 7) is 4.17. The highest BCUT2D eigenvalue weighted by molar-refractivity contribution is 5.85. The number of nitrogens with zero attached hydrogens (tertiary/aromatic N) is 2. The van der Waals surface area contributed by atoms with Gasteiger partial charge in [0.1, 0.15) is 5.82 Å². The molecule has 3 nitrogen and oxygen atoms in total. The van der Waals surface area contributed by atoms with E-state index in [1.165, 1.54) is 11.4 Å². The minimum absolute atomic E-state index is 0. The van der Waals surface area contributed by atoms with Crippen molar-refractivity contribution in [3.63, 3.8) is 0 Å². The van der Waals surface area contributed by atoms with Gasteiger partial charge in [0.05, 0.1) is 11.4 Å². The molecule has 0 atom stereocenters. The molecule has 0 unspecified atom stereocenters. The molecule has 0 aliphatic carbocycles. The van der Waals surface area contributed by atoms with E-state index < -0.39 is 0 Å². The number of aromatic amines is 1. The molecule has 0 bridgehead atoms. The van der Waals surface area contributed by atoms with E-state index in [1.54, 1.807) is 0 Å². The highest BCUT2D eigenvalue weighted by Gasteiger charge is 2.15. The Bertz CT molecular complexity index is 272. The maximum Gasteiger partial charge on any atom is 0.103 e. The van der Waals surface area contributed by atoms with Gasteiger partial charge in [0, 0.05) is 19.5 Å². The number of H-pyrrole nitrogens is 1. The first-order valence-electron chi connectivity index (χ1n) is 3.98. The lowest BCUT2D eigenvalue weighted by Crippen LogP contribution is -2.26. The van der Waals surface area contributed by atoms with Crippen LogP contribution in [0.5, 0.6) is 0 Å². The Morgan fingerprint density at radius 2 is 2.08 bits per heavy atom. The van der Waals surface area contributed by atoms with Gasteiger partial charge < -0.3 is 9.88 Å². The van der Waals surface area contributed by atoms with Gasteiger partial charge in [0.2, 0.25) is 0 Å². The predicted molar refractivity (Wildman–Crippen MR) is 57.9 cm³/mol. The van der Waals surface area contributed by atoms with Crippen LogP contribution in [-0.4, -0.2) is 28.5 Å². The van der Waals surface area contributed by atoms with E-state index in [1.807, 2.05) is 6.92 Å². The summed E-state index contributed by atoms with van der Waals surface area (Å²) in [6.07, 6.45) is 1.09. The largest absolute Gasteiger partial charge is 0.345 e. The second-order valence-corrected chi connectivity index (χ2v) is 3.24. The molecule has 2 heterocycles. The molecule has 0 saturated heterocycles. The molecular formula is C8H15Cl2N3. The third-order valence-electron chi connectivity index (χ3n) is 2.14. The SMILES string of the molecule is Cc1nc2c([nH]1)CN(C)CC2.Cl.Cl. The molecule has 13 heavy (non-hydrogen) atoms. The fourth-order valence-corrected chi connectivity index (χ4v) is 1.57. The van der Waals surface area contributed by atoms with Crippen LogP contribution >= 0.6 is 24.8 Å². The monoisotopic (exact) mass is 223 g/mol. The highest BCUT2D eigenvalue weighted by atomic mass is 35.5. The highest BCUT2D eigenvalue weighted by Crippen LogP contribution is 2.14. The number of aromatic nitrogens is 2. The summed E-state index contributed by atoms with van der Waals surface area (Å²) in [5.41, 5.74) is 2.57. The van der Waals surface area contributed by atoms with Crippen molar-refractivity contribution < 1.29 is 0 Å². The van der Waals surface area contributed by atoms with E-state index in [0.717, 1.165) is 25.3 Å². The summed E-state index contributed by atoms with van der Waals surface area (Å²) < 4.78 is 0. The summed E-state index contributed by atoms with van der Waals surface area (Å²) in [6, 6.07) is 0. The van der Waals surface area contributed by atoms with Crippen molar-refractivity contribution >= 4 is 24.8 Å². The Hall–Kier alpha value is -0.250. The topological polar surface area (TPSA) is 31.9 Å². The normalized spacial score (nSPS) is 15.5. The van der Waals surface area contributed by atoms with Gasteiger partial charge >= 0.3 is 0 Å². The molecule has 1 aromatic rings. The van der Waals surface area contributed by atoms with E-state index in [2.05, 4.69) is 21.9 Å². The molecule has 76 valence electrons. The summed E-state index contributed by atoms with van der Waals surface area (Å²) in [5.74, 6) is 1.05. The van der Waals surface area contributed by atoms with Gasteiger partial charge in [-0.2, -0.15) is 0 Å². The second-order valence-electron chi connectivity index (χ2n) is 3.24. The number of hydrogen-bond donors (Lipinski definition) is 1. The van der Waals surface area contributed by atoms with Gasteiger partial charge in [-0.1, -0.05) is 0 Å². The third kappa shape index (κ3) is 2.59. The summed E-state index contributed by atoms with van der Waals surface area (Å²) in [4.78, 5) is 9.98. The molecule has 0 amide bonds. The molecule has 5 heteroatoms. The molecule has 0 radical (unpaired) electrons. The lowest BCUT2D eigenvalue weighted by molar-refractivity contribution is 0.307. The summed E-state index contributed by atoms with van der Waals surface area (Å²) in [7, 11) is 2.14. The van der Waals surface area contributed by atoms with Gasteiger partial charge in [-0.25, -0.2) is 4.98 Å². The molecule has 1 aliphatic rings.